The van der Waals surface area contributed by atoms with E-state index in [0.717, 1.165) is 0 Å². The lowest BCUT2D eigenvalue weighted by Gasteiger charge is -2.28. The number of carboxylic acid groups (broad SMARTS) is 1. The van der Waals surface area contributed by atoms with Crippen molar-refractivity contribution in [2.75, 3.05) is 6.54 Å². The number of hydrogen-bond donors (Lipinski definition) is 4. The number of nitrogens with two attached hydrogens (primary N) is 1. The molecule has 17 heavy (non-hydrogen) atoms. The van der Waals surface area contributed by atoms with Crippen molar-refractivity contribution >= 4 is 11.9 Å². The molecule has 0 saturated carbocycles. The zero-order valence-corrected chi connectivity index (χ0v) is 10.8. The number of nitrogens with one attached hydrogen (secondary N) is 1. The topological polar surface area (TPSA) is 113 Å². The summed E-state index contributed by atoms with van der Waals surface area (Å²) >= 11 is 0. The molecular weight excluding hydrogens is 224 g/mol. The van der Waals surface area contributed by atoms with Gasteiger partial charge in [0.1, 0.15) is 0 Å². The van der Waals surface area contributed by atoms with Gasteiger partial charge >= 0.3 is 5.97 Å². The molecule has 6 nitrogen and oxygen atoms in total. The summed E-state index contributed by atoms with van der Waals surface area (Å²) in [6.07, 6.45) is -0.433. The number of amides is 1. The Morgan fingerprint density at radius 3 is 2.12 bits per heavy atom. The van der Waals surface area contributed by atoms with Gasteiger partial charge in [-0.1, -0.05) is 20.8 Å². The first kappa shape index (κ1) is 15.9. The third-order valence-electron chi connectivity index (χ3n) is 2.39. The molecular formula is C11H22N2O4. The summed E-state index contributed by atoms with van der Waals surface area (Å²) in [6.45, 7) is 6.69. The van der Waals surface area contributed by atoms with E-state index in [4.69, 9.17) is 10.8 Å². The van der Waals surface area contributed by atoms with Gasteiger partial charge < -0.3 is 21.3 Å². The lowest BCUT2D eigenvalue weighted by atomic mass is 9.87. The lowest BCUT2D eigenvalue weighted by molar-refractivity contribution is -0.142. The highest BCUT2D eigenvalue weighted by atomic mass is 16.4. The van der Waals surface area contributed by atoms with Crippen molar-refractivity contribution in [2.24, 2.45) is 11.1 Å². The fourth-order valence-corrected chi connectivity index (χ4v) is 1.17. The average Bonchev–Trinajstić information content (AvgIpc) is 2.09. The molecule has 0 aromatic rings. The molecule has 0 radical (unpaired) electrons. The van der Waals surface area contributed by atoms with Gasteiger partial charge in [0, 0.05) is 6.54 Å². The number of carbonyl (C=O) groups is 2. The van der Waals surface area contributed by atoms with E-state index in [-0.39, 0.29) is 12.0 Å². The summed E-state index contributed by atoms with van der Waals surface area (Å²) in [4.78, 5) is 22.1. The molecule has 1 amide bonds. The van der Waals surface area contributed by atoms with E-state index in [1.54, 1.807) is 0 Å². The quantitative estimate of drug-likeness (QED) is 0.532. The molecule has 5 N–H and O–H groups in total. The van der Waals surface area contributed by atoms with Crippen molar-refractivity contribution in [2.45, 2.75) is 45.8 Å². The van der Waals surface area contributed by atoms with Crippen LogP contribution in [0.3, 0.4) is 0 Å². The average molecular weight is 246 g/mol. The zero-order chi connectivity index (χ0) is 13.9. The van der Waals surface area contributed by atoms with Gasteiger partial charge in [0.05, 0.1) is 18.1 Å². The molecule has 0 aromatic carbocycles. The van der Waals surface area contributed by atoms with Gasteiger partial charge in [0.15, 0.2) is 0 Å². The van der Waals surface area contributed by atoms with Crippen LogP contribution in [0, 0.1) is 5.41 Å². The molecule has 0 bridgehead atoms. The van der Waals surface area contributed by atoms with Crippen molar-refractivity contribution < 1.29 is 19.8 Å². The molecule has 0 aromatic heterocycles. The number of aliphatic carboxylic acids is 1. The van der Waals surface area contributed by atoms with Crippen LogP contribution in [0.25, 0.3) is 0 Å². The summed E-state index contributed by atoms with van der Waals surface area (Å²) in [7, 11) is 0. The molecule has 0 heterocycles. The van der Waals surface area contributed by atoms with Gasteiger partial charge in [-0.3, -0.25) is 9.59 Å². The first-order valence-corrected chi connectivity index (χ1v) is 5.43. The number of carbonyl (C=O) groups excluding carboxylic acids is 1. The van der Waals surface area contributed by atoms with Gasteiger partial charge in [0.25, 0.3) is 0 Å². The molecule has 2 atom stereocenters. The highest BCUT2D eigenvalue weighted by molar-refractivity contribution is 5.82. The minimum Gasteiger partial charge on any atom is -0.481 e. The van der Waals surface area contributed by atoms with Crippen LogP contribution < -0.4 is 11.1 Å². The van der Waals surface area contributed by atoms with E-state index >= 15 is 0 Å². The van der Waals surface area contributed by atoms with Crippen molar-refractivity contribution in [1.82, 2.24) is 5.32 Å². The van der Waals surface area contributed by atoms with E-state index in [9.17, 15) is 14.7 Å². The molecule has 1 unspecified atom stereocenters. The highest BCUT2D eigenvalue weighted by Crippen LogP contribution is 2.17. The Kier molecular flexibility index (Phi) is 5.10. The second-order valence-electron chi connectivity index (χ2n) is 5.63. The first-order chi connectivity index (χ1) is 7.46. The van der Waals surface area contributed by atoms with Gasteiger partial charge in [-0.05, 0) is 12.3 Å². The second kappa shape index (κ2) is 5.46. The van der Waals surface area contributed by atoms with Crippen LogP contribution in [0.4, 0.5) is 0 Å². The monoisotopic (exact) mass is 246 g/mol. The molecule has 6 heteroatoms. The summed E-state index contributed by atoms with van der Waals surface area (Å²) in [5, 5.41) is 20.7. The SMILES string of the molecule is CC(O)(CNC(=O)[C@@H](N)C(C)(C)C)CC(=O)O. The van der Waals surface area contributed by atoms with Crippen LogP contribution in [-0.4, -0.2) is 40.3 Å². The van der Waals surface area contributed by atoms with E-state index in [1.165, 1.54) is 6.92 Å². The lowest BCUT2D eigenvalue weighted by Crippen LogP contribution is -2.52. The fourth-order valence-electron chi connectivity index (χ4n) is 1.17. The van der Waals surface area contributed by atoms with Gasteiger partial charge in [0.2, 0.25) is 5.91 Å². The Labute approximate surface area is 101 Å². The van der Waals surface area contributed by atoms with Crippen LogP contribution in [0.2, 0.25) is 0 Å². The molecule has 0 saturated heterocycles. The number of rotatable bonds is 5. The maximum absolute atomic E-state index is 11.6. The van der Waals surface area contributed by atoms with E-state index < -0.39 is 29.9 Å². The predicted octanol–water partition coefficient (Wildman–Crippen LogP) is -0.298. The summed E-state index contributed by atoms with van der Waals surface area (Å²) in [6, 6.07) is -0.705. The van der Waals surface area contributed by atoms with Gasteiger partial charge in [-0.15, -0.1) is 0 Å². The maximum atomic E-state index is 11.6. The molecule has 0 fully saturated rings. The van der Waals surface area contributed by atoms with Gasteiger partial charge in [-0.25, -0.2) is 0 Å². The summed E-state index contributed by atoms with van der Waals surface area (Å²) in [5.74, 6) is -1.52. The molecule has 0 aliphatic carbocycles. The first-order valence-electron chi connectivity index (χ1n) is 5.43. The second-order valence-corrected chi connectivity index (χ2v) is 5.63. The summed E-state index contributed by atoms with van der Waals surface area (Å²) in [5.41, 5.74) is 3.86. The molecule has 0 rings (SSSR count). The molecule has 0 aliphatic heterocycles. The predicted molar refractivity (Wildman–Crippen MR) is 63.3 cm³/mol. The summed E-state index contributed by atoms with van der Waals surface area (Å²) < 4.78 is 0. The van der Waals surface area contributed by atoms with Crippen molar-refractivity contribution in [3.8, 4) is 0 Å². The van der Waals surface area contributed by atoms with Crippen LogP contribution >= 0.6 is 0 Å². The Bertz CT molecular complexity index is 294. The Morgan fingerprint density at radius 1 is 1.29 bits per heavy atom. The Hall–Kier alpha value is -1.14. The van der Waals surface area contributed by atoms with E-state index in [1.807, 2.05) is 20.8 Å². The van der Waals surface area contributed by atoms with Crippen LogP contribution in [0.5, 0.6) is 0 Å². The van der Waals surface area contributed by atoms with Crippen molar-refractivity contribution in [3.63, 3.8) is 0 Å². The largest absolute Gasteiger partial charge is 0.481 e. The Balaban J connectivity index is 4.29. The third-order valence-corrected chi connectivity index (χ3v) is 2.39. The maximum Gasteiger partial charge on any atom is 0.306 e. The normalized spacial score (nSPS) is 17.1. The van der Waals surface area contributed by atoms with Crippen LogP contribution in [-0.2, 0) is 9.59 Å². The molecule has 0 spiro atoms. The highest BCUT2D eigenvalue weighted by Gasteiger charge is 2.30. The standard InChI is InChI=1S/C11H22N2O4/c1-10(2,3)8(12)9(16)13-6-11(4,17)5-7(14)15/h8,17H,5-6,12H2,1-4H3,(H,13,16)(H,14,15)/t8-,11?/m1/s1. The van der Waals surface area contributed by atoms with Gasteiger partial charge in [-0.2, -0.15) is 0 Å². The minimum absolute atomic E-state index is 0.137. The van der Waals surface area contributed by atoms with Crippen molar-refractivity contribution in [3.05, 3.63) is 0 Å². The van der Waals surface area contributed by atoms with E-state index in [0.29, 0.717) is 0 Å². The fraction of sp³-hybridized carbons (Fsp3) is 0.818. The number of carboxylic acids is 1. The number of aliphatic hydroxyl groups is 1. The number of hydrogen-bond acceptors (Lipinski definition) is 4. The molecule has 100 valence electrons. The van der Waals surface area contributed by atoms with E-state index in [2.05, 4.69) is 5.32 Å². The Morgan fingerprint density at radius 2 is 1.76 bits per heavy atom. The third kappa shape index (κ3) is 6.23. The minimum atomic E-state index is -1.47. The van der Waals surface area contributed by atoms with Crippen molar-refractivity contribution in [1.29, 1.82) is 0 Å². The zero-order valence-electron chi connectivity index (χ0n) is 10.8. The molecule has 0 aliphatic rings. The van der Waals surface area contributed by atoms with Crippen LogP contribution in [0.1, 0.15) is 34.1 Å². The smallest absolute Gasteiger partial charge is 0.306 e. The van der Waals surface area contributed by atoms with Crippen LogP contribution in [0.15, 0.2) is 0 Å².